The molecule has 0 aliphatic rings. The molecule has 0 fully saturated rings. The molecule has 3 heteroatoms. The van der Waals surface area contributed by atoms with Gasteiger partial charge in [0, 0.05) is 24.0 Å². The van der Waals surface area contributed by atoms with E-state index < -0.39 is 0 Å². The number of anilines is 1. The molecule has 3 nitrogen and oxygen atoms in total. The zero-order chi connectivity index (χ0) is 12.8. The largest absolute Gasteiger partial charge is 0.497 e. The van der Waals surface area contributed by atoms with Crippen molar-refractivity contribution in [3.63, 3.8) is 0 Å². The van der Waals surface area contributed by atoms with Crippen molar-refractivity contribution in [1.82, 2.24) is 4.98 Å². The lowest BCUT2D eigenvalue weighted by atomic mass is 10.1. The molecule has 0 spiro atoms. The highest BCUT2D eigenvalue weighted by atomic mass is 16.5. The lowest BCUT2D eigenvalue weighted by molar-refractivity contribution is 0.415. The Balaban J connectivity index is 2.26. The lowest BCUT2D eigenvalue weighted by Gasteiger charge is -2.07. The Hall–Kier alpha value is -2.03. The molecular weight excluding hydrogens is 224 g/mol. The van der Waals surface area contributed by atoms with E-state index in [1.807, 2.05) is 36.5 Å². The van der Waals surface area contributed by atoms with Crippen LogP contribution in [0.2, 0.25) is 0 Å². The normalized spacial score (nSPS) is 10.1. The molecule has 0 aliphatic heterocycles. The van der Waals surface area contributed by atoms with Crippen LogP contribution in [-0.2, 0) is 0 Å². The molecule has 0 saturated heterocycles. The number of nitrogens with zero attached hydrogens (tertiary/aromatic N) is 1. The van der Waals surface area contributed by atoms with Crippen LogP contribution in [0.25, 0.3) is 11.3 Å². The third kappa shape index (κ3) is 3.00. The highest BCUT2D eigenvalue weighted by Gasteiger charge is 2.02. The smallest absolute Gasteiger partial charge is 0.119 e. The molecule has 0 amide bonds. The maximum atomic E-state index is 5.23. The van der Waals surface area contributed by atoms with Crippen molar-refractivity contribution in [2.45, 2.75) is 13.3 Å². The van der Waals surface area contributed by atoms with Gasteiger partial charge in [0.2, 0.25) is 0 Å². The average Bonchev–Trinajstić information content (AvgIpc) is 2.45. The first kappa shape index (κ1) is 12.4. The Morgan fingerprint density at radius 1 is 1.22 bits per heavy atom. The van der Waals surface area contributed by atoms with E-state index >= 15 is 0 Å². The van der Waals surface area contributed by atoms with Gasteiger partial charge in [-0.05, 0) is 30.7 Å². The van der Waals surface area contributed by atoms with Crippen molar-refractivity contribution in [2.75, 3.05) is 19.0 Å². The number of aromatic nitrogens is 1. The van der Waals surface area contributed by atoms with Gasteiger partial charge in [0.1, 0.15) is 5.75 Å². The summed E-state index contributed by atoms with van der Waals surface area (Å²) in [6, 6.07) is 12.0. The molecule has 0 bridgehead atoms. The number of nitrogens with one attached hydrogen (secondary N) is 1. The molecule has 0 saturated carbocycles. The minimum atomic E-state index is 0.848. The number of pyridine rings is 1. The molecule has 1 N–H and O–H groups in total. The van der Waals surface area contributed by atoms with Gasteiger partial charge in [-0.25, -0.2) is 0 Å². The standard InChI is InChI=1S/C15H18N2O/c1-3-8-16-13-7-9-17-15(11-13)12-5-4-6-14(10-12)18-2/h4-7,9-11H,3,8H2,1-2H3,(H,16,17). The number of benzene rings is 1. The number of methoxy groups -OCH3 is 1. The minimum Gasteiger partial charge on any atom is -0.497 e. The summed E-state index contributed by atoms with van der Waals surface area (Å²) >= 11 is 0. The summed E-state index contributed by atoms with van der Waals surface area (Å²) in [7, 11) is 1.67. The van der Waals surface area contributed by atoms with E-state index in [1.165, 1.54) is 0 Å². The Morgan fingerprint density at radius 2 is 2.11 bits per heavy atom. The Bertz CT molecular complexity index is 511. The second-order valence-corrected chi connectivity index (χ2v) is 4.09. The van der Waals surface area contributed by atoms with Crippen LogP contribution in [0.1, 0.15) is 13.3 Å². The quantitative estimate of drug-likeness (QED) is 0.870. The van der Waals surface area contributed by atoms with Gasteiger partial charge in [-0.15, -0.1) is 0 Å². The maximum absolute atomic E-state index is 5.23. The molecule has 1 aromatic heterocycles. The van der Waals surface area contributed by atoms with Crippen LogP contribution >= 0.6 is 0 Å². The van der Waals surface area contributed by atoms with Crippen LogP contribution in [0.4, 0.5) is 5.69 Å². The zero-order valence-electron chi connectivity index (χ0n) is 10.8. The Kier molecular flexibility index (Phi) is 4.18. The van der Waals surface area contributed by atoms with E-state index in [-0.39, 0.29) is 0 Å². The van der Waals surface area contributed by atoms with Crippen LogP contribution in [-0.4, -0.2) is 18.6 Å². The van der Waals surface area contributed by atoms with E-state index in [4.69, 9.17) is 4.74 Å². The van der Waals surface area contributed by atoms with Crippen molar-refractivity contribution in [1.29, 1.82) is 0 Å². The summed E-state index contributed by atoms with van der Waals surface area (Å²) in [5, 5.41) is 3.36. The monoisotopic (exact) mass is 242 g/mol. The number of hydrogen-bond donors (Lipinski definition) is 1. The maximum Gasteiger partial charge on any atom is 0.119 e. The summed E-state index contributed by atoms with van der Waals surface area (Å²) in [6.07, 6.45) is 2.93. The third-order valence-electron chi connectivity index (χ3n) is 2.70. The number of hydrogen-bond acceptors (Lipinski definition) is 3. The predicted molar refractivity (Wildman–Crippen MR) is 75.0 cm³/mol. The lowest BCUT2D eigenvalue weighted by Crippen LogP contribution is -1.99. The fraction of sp³-hybridized carbons (Fsp3) is 0.267. The van der Waals surface area contributed by atoms with E-state index in [0.29, 0.717) is 0 Å². The Labute approximate surface area is 108 Å². The molecule has 18 heavy (non-hydrogen) atoms. The summed E-state index contributed by atoms with van der Waals surface area (Å²) in [5.41, 5.74) is 3.12. The molecule has 0 unspecified atom stereocenters. The molecular formula is C15H18N2O. The van der Waals surface area contributed by atoms with Gasteiger partial charge in [0.25, 0.3) is 0 Å². The van der Waals surface area contributed by atoms with Gasteiger partial charge >= 0.3 is 0 Å². The van der Waals surface area contributed by atoms with Crippen molar-refractivity contribution >= 4 is 5.69 Å². The minimum absolute atomic E-state index is 0.848. The van der Waals surface area contributed by atoms with E-state index in [2.05, 4.69) is 23.3 Å². The first-order valence-electron chi connectivity index (χ1n) is 6.18. The van der Waals surface area contributed by atoms with Crippen LogP contribution < -0.4 is 10.1 Å². The van der Waals surface area contributed by atoms with Gasteiger partial charge in [-0.3, -0.25) is 4.98 Å². The van der Waals surface area contributed by atoms with Gasteiger partial charge < -0.3 is 10.1 Å². The van der Waals surface area contributed by atoms with Crippen LogP contribution in [0.3, 0.4) is 0 Å². The summed E-state index contributed by atoms with van der Waals surface area (Å²) in [4.78, 5) is 4.40. The molecule has 1 heterocycles. The molecule has 94 valence electrons. The molecule has 1 aromatic carbocycles. The van der Waals surface area contributed by atoms with Crippen LogP contribution in [0.15, 0.2) is 42.6 Å². The van der Waals surface area contributed by atoms with Crippen molar-refractivity contribution in [3.8, 4) is 17.0 Å². The molecule has 0 radical (unpaired) electrons. The highest BCUT2D eigenvalue weighted by molar-refractivity contribution is 5.65. The topological polar surface area (TPSA) is 34.2 Å². The average molecular weight is 242 g/mol. The second kappa shape index (κ2) is 6.05. The summed E-state index contributed by atoms with van der Waals surface area (Å²) in [6.45, 7) is 3.12. The van der Waals surface area contributed by atoms with Gasteiger partial charge in [-0.2, -0.15) is 0 Å². The predicted octanol–water partition coefficient (Wildman–Crippen LogP) is 3.58. The van der Waals surface area contributed by atoms with E-state index in [1.54, 1.807) is 7.11 Å². The molecule has 0 aliphatic carbocycles. The van der Waals surface area contributed by atoms with Crippen molar-refractivity contribution < 1.29 is 4.74 Å². The number of ether oxygens (including phenoxy) is 1. The van der Waals surface area contributed by atoms with E-state index in [9.17, 15) is 0 Å². The Morgan fingerprint density at radius 3 is 2.89 bits per heavy atom. The molecule has 0 atom stereocenters. The molecule has 2 rings (SSSR count). The second-order valence-electron chi connectivity index (χ2n) is 4.09. The fourth-order valence-corrected chi connectivity index (χ4v) is 1.75. The summed E-state index contributed by atoms with van der Waals surface area (Å²) < 4.78 is 5.23. The zero-order valence-corrected chi connectivity index (χ0v) is 10.8. The van der Waals surface area contributed by atoms with E-state index in [0.717, 1.165) is 35.7 Å². The first-order chi connectivity index (χ1) is 8.83. The molecule has 2 aromatic rings. The van der Waals surface area contributed by atoms with Crippen LogP contribution in [0, 0.1) is 0 Å². The van der Waals surface area contributed by atoms with Crippen molar-refractivity contribution in [3.05, 3.63) is 42.6 Å². The third-order valence-corrected chi connectivity index (χ3v) is 2.70. The van der Waals surface area contributed by atoms with Gasteiger partial charge in [0.15, 0.2) is 0 Å². The van der Waals surface area contributed by atoms with Gasteiger partial charge in [0.05, 0.1) is 12.8 Å². The summed E-state index contributed by atoms with van der Waals surface area (Å²) in [5.74, 6) is 0.848. The van der Waals surface area contributed by atoms with Crippen molar-refractivity contribution in [2.24, 2.45) is 0 Å². The number of rotatable bonds is 5. The highest BCUT2D eigenvalue weighted by Crippen LogP contribution is 2.23. The first-order valence-corrected chi connectivity index (χ1v) is 6.18. The van der Waals surface area contributed by atoms with Crippen LogP contribution in [0.5, 0.6) is 5.75 Å². The van der Waals surface area contributed by atoms with Gasteiger partial charge in [-0.1, -0.05) is 19.1 Å². The fourth-order valence-electron chi connectivity index (χ4n) is 1.75. The SMILES string of the molecule is CCCNc1ccnc(-c2cccc(OC)c2)c1.